The van der Waals surface area contributed by atoms with Crippen LogP contribution in [0, 0.1) is 5.41 Å². The number of nitrogens with one attached hydrogen (secondary N) is 2. The number of hydrogen-bond donors (Lipinski definition) is 2. The average molecular weight is 547 g/mol. The minimum atomic E-state index is -3.07. The minimum absolute atomic E-state index is 0. The van der Waals surface area contributed by atoms with Gasteiger partial charge in [0.2, 0.25) is 6.79 Å². The van der Waals surface area contributed by atoms with Gasteiger partial charge in [0, 0.05) is 43.4 Å². The molecule has 0 aromatic heterocycles. The van der Waals surface area contributed by atoms with E-state index in [9.17, 15) is 17.2 Å². The number of ether oxygens (including phenoxy) is 3. The van der Waals surface area contributed by atoms with Crippen LogP contribution in [-0.2, 0) is 16.4 Å². The summed E-state index contributed by atoms with van der Waals surface area (Å²) in [7, 11) is -1.49. The molecule has 1 aliphatic carbocycles. The van der Waals surface area contributed by atoms with Gasteiger partial charge in [0.1, 0.15) is 15.6 Å². The molecule has 12 heteroatoms. The van der Waals surface area contributed by atoms with Crippen molar-refractivity contribution < 1.29 is 31.4 Å². The van der Waals surface area contributed by atoms with E-state index in [-0.39, 0.29) is 54.2 Å². The molecule has 0 unspecified atom stereocenters. The van der Waals surface area contributed by atoms with Gasteiger partial charge in [-0.1, -0.05) is 0 Å². The van der Waals surface area contributed by atoms with Crippen LogP contribution in [0.1, 0.15) is 18.4 Å². The number of hydrogen-bond acceptors (Lipinski definition) is 6. The number of halogens is 3. The van der Waals surface area contributed by atoms with Gasteiger partial charge in [-0.25, -0.2) is 8.42 Å². The summed E-state index contributed by atoms with van der Waals surface area (Å²) in [6, 6.07) is 2.94. The van der Waals surface area contributed by atoms with E-state index in [4.69, 9.17) is 9.47 Å². The third kappa shape index (κ3) is 6.73. The Labute approximate surface area is 185 Å². The molecule has 0 saturated heterocycles. The fraction of sp³-hybridized carbons (Fsp3) is 0.588. The largest absolute Gasteiger partial charge is 0.454 e. The van der Waals surface area contributed by atoms with Crippen molar-refractivity contribution >= 4 is 39.8 Å². The molecular weight excluding hydrogens is 523 g/mol. The SMILES string of the molecule is CN=C(NCc1cc2c(cc1OC(F)F)OCO2)NCC1(CS(C)(=O)=O)CC1.I. The summed E-state index contributed by atoms with van der Waals surface area (Å²) in [5.74, 6) is 1.33. The van der Waals surface area contributed by atoms with Gasteiger partial charge in [-0.05, 0) is 18.9 Å². The van der Waals surface area contributed by atoms with Crippen molar-refractivity contribution in [2.45, 2.75) is 26.0 Å². The Morgan fingerprint density at radius 3 is 2.48 bits per heavy atom. The molecule has 0 radical (unpaired) electrons. The number of alkyl halides is 2. The van der Waals surface area contributed by atoms with E-state index < -0.39 is 16.4 Å². The van der Waals surface area contributed by atoms with Crippen LogP contribution in [-0.4, -0.2) is 53.4 Å². The van der Waals surface area contributed by atoms with Crippen molar-refractivity contribution in [2.75, 3.05) is 32.4 Å². The van der Waals surface area contributed by atoms with Gasteiger partial charge in [0.15, 0.2) is 17.5 Å². The van der Waals surface area contributed by atoms with Crippen LogP contribution in [0.25, 0.3) is 0 Å². The van der Waals surface area contributed by atoms with Gasteiger partial charge in [-0.2, -0.15) is 8.78 Å². The molecule has 2 aliphatic rings. The lowest BCUT2D eigenvalue weighted by atomic mass is 10.1. The first kappa shape index (κ1) is 23.7. The zero-order valence-electron chi connectivity index (χ0n) is 16.0. The van der Waals surface area contributed by atoms with Crippen LogP contribution >= 0.6 is 24.0 Å². The predicted molar refractivity (Wildman–Crippen MR) is 114 cm³/mol. The lowest BCUT2D eigenvalue weighted by molar-refractivity contribution is -0.0505. The van der Waals surface area contributed by atoms with Gasteiger partial charge in [-0.15, -0.1) is 24.0 Å². The maximum Gasteiger partial charge on any atom is 0.387 e. The van der Waals surface area contributed by atoms with Crippen molar-refractivity contribution in [1.82, 2.24) is 10.6 Å². The molecule has 164 valence electrons. The highest BCUT2D eigenvalue weighted by Gasteiger charge is 2.45. The second-order valence-corrected chi connectivity index (χ2v) is 9.18. The molecule has 1 aromatic carbocycles. The lowest BCUT2D eigenvalue weighted by Crippen LogP contribution is -2.41. The maximum absolute atomic E-state index is 12.7. The van der Waals surface area contributed by atoms with Crippen molar-refractivity contribution in [1.29, 1.82) is 0 Å². The van der Waals surface area contributed by atoms with E-state index in [2.05, 4.69) is 20.4 Å². The Bertz CT molecular complexity index is 863. The molecule has 0 atom stereocenters. The molecular formula is C17H24F2IN3O5S. The monoisotopic (exact) mass is 547 g/mol. The molecule has 2 N–H and O–H groups in total. The van der Waals surface area contributed by atoms with E-state index in [1.165, 1.54) is 12.3 Å². The van der Waals surface area contributed by atoms with Gasteiger partial charge >= 0.3 is 6.61 Å². The zero-order chi connectivity index (χ0) is 20.4. The van der Waals surface area contributed by atoms with Crippen LogP contribution in [0.5, 0.6) is 17.2 Å². The Kier molecular flexibility index (Phi) is 7.76. The average Bonchev–Trinajstić information content (AvgIpc) is 3.18. The lowest BCUT2D eigenvalue weighted by Gasteiger charge is -2.18. The molecule has 1 heterocycles. The molecule has 1 saturated carbocycles. The first-order valence-corrected chi connectivity index (χ1v) is 10.8. The highest BCUT2D eigenvalue weighted by Crippen LogP contribution is 2.46. The number of nitrogens with zero attached hydrogens (tertiary/aromatic N) is 1. The number of fused-ring (bicyclic) bond motifs is 1. The quantitative estimate of drug-likeness (QED) is 0.293. The highest BCUT2D eigenvalue weighted by molar-refractivity contribution is 14.0. The Morgan fingerprint density at radius 1 is 1.28 bits per heavy atom. The first-order chi connectivity index (χ1) is 13.2. The summed E-state index contributed by atoms with van der Waals surface area (Å²) >= 11 is 0. The van der Waals surface area contributed by atoms with Crippen molar-refractivity contribution in [2.24, 2.45) is 10.4 Å². The Balaban J connectivity index is 0.00000300. The van der Waals surface area contributed by atoms with E-state index >= 15 is 0 Å². The molecule has 1 aliphatic heterocycles. The molecule has 8 nitrogen and oxygen atoms in total. The molecule has 1 fully saturated rings. The van der Waals surface area contributed by atoms with Crippen LogP contribution in [0.2, 0.25) is 0 Å². The standard InChI is InChI=1S/C17H23F2N3O5S.HI/c1-20-16(22-8-17(3-4-17)9-28(2,23)24)21-7-11-5-13-14(26-10-25-13)6-12(11)27-15(18)19;/h5-6,15H,3-4,7-10H2,1-2H3,(H2,20,21,22);1H. The summed E-state index contributed by atoms with van der Waals surface area (Å²) in [5, 5.41) is 6.13. The van der Waals surface area contributed by atoms with E-state index in [1.807, 2.05) is 0 Å². The normalized spacial score (nSPS) is 16.9. The number of benzene rings is 1. The fourth-order valence-corrected chi connectivity index (χ4v) is 4.59. The number of sulfone groups is 1. The second-order valence-electron chi connectivity index (χ2n) is 7.04. The number of rotatable bonds is 8. The van der Waals surface area contributed by atoms with Gasteiger partial charge in [0.05, 0.1) is 5.75 Å². The molecule has 0 bridgehead atoms. The van der Waals surface area contributed by atoms with Gasteiger partial charge < -0.3 is 24.8 Å². The predicted octanol–water partition coefficient (Wildman–Crippen LogP) is 2.12. The highest BCUT2D eigenvalue weighted by atomic mass is 127. The maximum atomic E-state index is 12.7. The van der Waals surface area contributed by atoms with Crippen molar-refractivity contribution in [3.05, 3.63) is 17.7 Å². The van der Waals surface area contributed by atoms with Gasteiger partial charge in [-0.3, -0.25) is 4.99 Å². The zero-order valence-corrected chi connectivity index (χ0v) is 19.2. The Morgan fingerprint density at radius 2 is 1.93 bits per heavy atom. The van der Waals surface area contributed by atoms with E-state index in [1.54, 1.807) is 13.1 Å². The second kappa shape index (κ2) is 9.49. The summed E-state index contributed by atoms with van der Waals surface area (Å²) in [6.07, 6.45) is 2.89. The molecule has 3 rings (SSSR count). The van der Waals surface area contributed by atoms with Crippen LogP contribution in [0.15, 0.2) is 17.1 Å². The van der Waals surface area contributed by atoms with Crippen LogP contribution < -0.4 is 24.8 Å². The molecule has 1 aromatic rings. The summed E-state index contributed by atoms with van der Waals surface area (Å²) < 4.78 is 63.6. The Hall–Kier alpha value is -1.57. The van der Waals surface area contributed by atoms with E-state index in [0.717, 1.165) is 12.8 Å². The summed E-state index contributed by atoms with van der Waals surface area (Å²) in [6.45, 7) is -2.34. The smallest absolute Gasteiger partial charge is 0.387 e. The summed E-state index contributed by atoms with van der Waals surface area (Å²) in [5.41, 5.74) is 0.179. The summed E-state index contributed by atoms with van der Waals surface area (Å²) in [4.78, 5) is 4.09. The van der Waals surface area contributed by atoms with Crippen LogP contribution in [0.3, 0.4) is 0 Å². The number of guanidine groups is 1. The molecule has 0 amide bonds. The third-order valence-corrected chi connectivity index (χ3v) is 5.73. The van der Waals surface area contributed by atoms with E-state index in [0.29, 0.717) is 29.6 Å². The number of aliphatic imine (C=N–C) groups is 1. The topological polar surface area (TPSA) is 98.2 Å². The minimum Gasteiger partial charge on any atom is -0.454 e. The molecule has 29 heavy (non-hydrogen) atoms. The van der Waals surface area contributed by atoms with Crippen molar-refractivity contribution in [3.63, 3.8) is 0 Å². The third-order valence-electron chi connectivity index (χ3n) is 4.60. The van der Waals surface area contributed by atoms with Crippen LogP contribution in [0.4, 0.5) is 8.78 Å². The fourth-order valence-electron chi connectivity index (χ4n) is 3.09. The first-order valence-electron chi connectivity index (χ1n) is 8.69. The van der Waals surface area contributed by atoms with Gasteiger partial charge in [0.25, 0.3) is 0 Å². The van der Waals surface area contributed by atoms with Crippen molar-refractivity contribution in [3.8, 4) is 17.2 Å². The molecule has 0 spiro atoms.